The van der Waals surface area contributed by atoms with E-state index in [1.807, 2.05) is 30.3 Å². The number of benzene rings is 2. The minimum atomic E-state index is 0.812. The smallest absolute Gasteiger partial charge is 0.0317 e. The van der Waals surface area contributed by atoms with Crippen molar-refractivity contribution in [3.8, 4) is 0 Å². The maximum atomic E-state index is 5.73. The van der Waals surface area contributed by atoms with Crippen LogP contribution in [0.4, 0.5) is 5.69 Å². The summed E-state index contributed by atoms with van der Waals surface area (Å²) in [6.07, 6.45) is 0. The highest BCUT2D eigenvalue weighted by molar-refractivity contribution is 9.10. The fourth-order valence-electron chi connectivity index (χ4n) is 1.70. The van der Waals surface area contributed by atoms with Gasteiger partial charge < -0.3 is 11.1 Å². The van der Waals surface area contributed by atoms with Crippen molar-refractivity contribution in [1.82, 2.24) is 5.32 Å². The molecule has 0 aliphatic carbocycles. The van der Waals surface area contributed by atoms with Crippen LogP contribution >= 0.6 is 15.9 Å². The van der Waals surface area contributed by atoms with Gasteiger partial charge in [-0.15, -0.1) is 0 Å². The second-order valence-electron chi connectivity index (χ2n) is 3.98. The Morgan fingerprint density at radius 1 is 0.941 bits per heavy atom. The number of hydrogen-bond donors (Lipinski definition) is 2. The third-order valence-corrected chi connectivity index (χ3v) is 2.99. The lowest BCUT2D eigenvalue weighted by Gasteiger charge is -2.06. The van der Waals surface area contributed by atoms with Crippen molar-refractivity contribution in [3.63, 3.8) is 0 Å². The van der Waals surface area contributed by atoms with Gasteiger partial charge in [-0.2, -0.15) is 0 Å². The Labute approximate surface area is 110 Å². The first-order valence-corrected chi connectivity index (χ1v) is 6.33. The number of hydrogen-bond acceptors (Lipinski definition) is 2. The minimum Gasteiger partial charge on any atom is -0.399 e. The molecule has 3 N–H and O–H groups in total. The van der Waals surface area contributed by atoms with Gasteiger partial charge in [0.1, 0.15) is 0 Å². The molecule has 0 aromatic heterocycles. The third kappa shape index (κ3) is 3.88. The molecule has 0 aliphatic heterocycles. The Bertz CT molecular complexity index is 452. The predicted octanol–water partition coefficient (Wildman–Crippen LogP) is 3.32. The zero-order valence-corrected chi connectivity index (χ0v) is 11.1. The maximum Gasteiger partial charge on any atom is 0.0317 e. The third-order valence-electron chi connectivity index (χ3n) is 2.50. The Kier molecular flexibility index (Phi) is 4.18. The van der Waals surface area contributed by atoms with Crippen LogP contribution in [-0.2, 0) is 13.1 Å². The molecule has 0 saturated carbocycles. The monoisotopic (exact) mass is 290 g/mol. The highest BCUT2D eigenvalue weighted by atomic mass is 79.9. The van der Waals surface area contributed by atoms with E-state index in [0.29, 0.717) is 0 Å². The molecule has 17 heavy (non-hydrogen) atoms. The van der Waals surface area contributed by atoms with Gasteiger partial charge in [0.25, 0.3) is 0 Å². The average molecular weight is 291 g/mol. The molecule has 2 nitrogen and oxygen atoms in total. The van der Waals surface area contributed by atoms with Crippen LogP contribution < -0.4 is 11.1 Å². The van der Waals surface area contributed by atoms with E-state index in [2.05, 4.69) is 39.4 Å². The van der Waals surface area contributed by atoms with E-state index < -0.39 is 0 Å². The zero-order chi connectivity index (χ0) is 12.1. The highest BCUT2D eigenvalue weighted by Gasteiger charge is 1.95. The fraction of sp³-hybridized carbons (Fsp3) is 0.143. The maximum absolute atomic E-state index is 5.73. The summed E-state index contributed by atoms with van der Waals surface area (Å²) in [5.74, 6) is 0. The summed E-state index contributed by atoms with van der Waals surface area (Å²) in [6, 6.07) is 16.2. The zero-order valence-electron chi connectivity index (χ0n) is 9.49. The summed E-state index contributed by atoms with van der Waals surface area (Å²) in [6.45, 7) is 1.69. The Balaban J connectivity index is 1.87. The molecule has 0 radical (unpaired) electrons. The van der Waals surface area contributed by atoms with E-state index in [1.54, 1.807) is 0 Å². The van der Waals surface area contributed by atoms with Gasteiger partial charge in [0, 0.05) is 23.2 Å². The van der Waals surface area contributed by atoms with Gasteiger partial charge >= 0.3 is 0 Å². The van der Waals surface area contributed by atoms with Crippen LogP contribution in [0.3, 0.4) is 0 Å². The molecule has 0 fully saturated rings. The van der Waals surface area contributed by atoms with Crippen molar-refractivity contribution in [2.45, 2.75) is 13.1 Å². The topological polar surface area (TPSA) is 38.0 Å². The number of rotatable bonds is 4. The molecule has 2 rings (SSSR count). The van der Waals surface area contributed by atoms with E-state index in [9.17, 15) is 0 Å². The largest absolute Gasteiger partial charge is 0.399 e. The Morgan fingerprint density at radius 2 is 1.59 bits per heavy atom. The number of nitrogens with two attached hydrogens (primary N) is 1. The fourth-order valence-corrected chi connectivity index (χ4v) is 2.15. The minimum absolute atomic E-state index is 0.812. The molecule has 0 aliphatic rings. The van der Waals surface area contributed by atoms with Crippen LogP contribution in [0.25, 0.3) is 0 Å². The molecule has 3 heteroatoms. The Hall–Kier alpha value is -1.32. The number of halogens is 1. The summed E-state index contributed by atoms with van der Waals surface area (Å²) in [5.41, 5.74) is 9.01. The lowest BCUT2D eigenvalue weighted by Crippen LogP contribution is -2.12. The molecule has 2 aromatic rings. The SMILES string of the molecule is Nc1cccc(CNCc2cccc(Br)c2)c1. The van der Waals surface area contributed by atoms with E-state index in [-0.39, 0.29) is 0 Å². The second kappa shape index (κ2) is 5.84. The van der Waals surface area contributed by atoms with Gasteiger partial charge in [-0.25, -0.2) is 0 Å². The molecule has 0 amide bonds. The van der Waals surface area contributed by atoms with Crippen molar-refractivity contribution in [1.29, 1.82) is 0 Å². The summed E-state index contributed by atoms with van der Waals surface area (Å²) in [5, 5.41) is 3.40. The number of nitrogens with one attached hydrogen (secondary N) is 1. The van der Waals surface area contributed by atoms with Crippen molar-refractivity contribution >= 4 is 21.6 Å². The van der Waals surface area contributed by atoms with Crippen LogP contribution in [0.2, 0.25) is 0 Å². The van der Waals surface area contributed by atoms with E-state index in [4.69, 9.17) is 5.73 Å². The van der Waals surface area contributed by atoms with E-state index in [0.717, 1.165) is 23.2 Å². The molecular formula is C14H15BrN2. The van der Waals surface area contributed by atoms with E-state index in [1.165, 1.54) is 11.1 Å². The van der Waals surface area contributed by atoms with Crippen molar-refractivity contribution in [2.75, 3.05) is 5.73 Å². The van der Waals surface area contributed by atoms with Gasteiger partial charge in [0.05, 0.1) is 0 Å². The standard InChI is InChI=1S/C14H15BrN2/c15-13-5-1-3-11(7-13)9-17-10-12-4-2-6-14(16)8-12/h1-8,17H,9-10,16H2. The molecule has 0 saturated heterocycles. The molecule has 0 bridgehead atoms. The van der Waals surface area contributed by atoms with E-state index >= 15 is 0 Å². The van der Waals surface area contributed by atoms with Gasteiger partial charge in [0.15, 0.2) is 0 Å². The van der Waals surface area contributed by atoms with Gasteiger partial charge in [-0.1, -0.05) is 40.2 Å². The molecule has 0 spiro atoms. The van der Waals surface area contributed by atoms with Crippen LogP contribution in [0.15, 0.2) is 53.0 Å². The molecule has 0 unspecified atom stereocenters. The molecule has 0 heterocycles. The summed E-state index contributed by atoms with van der Waals surface area (Å²) < 4.78 is 1.11. The average Bonchev–Trinajstić information content (AvgIpc) is 2.29. The number of anilines is 1. The number of nitrogen functional groups attached to an aromatic ring is 1. The first kappa shape index (κ1) is 12.1. The van der Waals surface area contributed by atoms with Crippen LogP contribution in [0, 0.1) is 0 Å². The van der Waals surface area contributed by atoms with Gasteiger partial charge in [-0.3, -0.25) is 0 Å². The molecular weight excluding hydrogens is 276 g/mol. The lowest BCUT2D eigenvalue weighted by molar-refractivity contribution is 0.693. The molecule has 2 aromatic carbocycles. The molecule has 0 atom stereocenters. The lowest BCUT2D eigenvalue weighted by atomic mass is 10.2. The first-order valence-electron chi connectivity index (χ1n) is 5.53. The Morgan fingerprint density at radius 3 is 2.24 bits per heavy atom. The van der Waals surface area contributed by atoms with Gasteiger partial charge in [0.2, 0.25) is 0 Å². The quantitative estimate of drug-likeness (QED) is 0.848. The molecule has 88 valence electrons. The summed E-state index contributed by atoms with van der Waals surface area (Å²) in [4.78, 5) is 0. The van der Waals surface area contributed by atoms with Crippen LogP contribution in [0.1, 0.15) is 11.1 Å². The summed E-state index contributed by atoms with van der Waals surface area (Å²) >= 11 is 3.46. The predicted molar refractivity (Wildman–Crippen MR) is 75.5 cm³/mol. The van der Waals surface area contributed by atoms with Crippen molar-refractivity contribution < 1.29 is 0 Å². The van der Waals surface area contributed by atoms with Gasteiger partial charge in [-0.05, 0) is 35.4 Å². The van der Waals surface area contributed by atoms with Crippen molar-refractivity contribution in [2.24, 2.45) is 0 Å². The first-order chi connectivity index (χ1) is 8.24. The highest BCUT2D eigenvalue weighted by Crippen LogP contribution is 2.12. The van der Waals surface area contributed by atoms with Crippen molar-refractivity contribution in [3.05, 3.63) is 64.1 Å². The summed E-state index contributed by atoms with van der Waals surface area (Å²) in [7, 11) is 0. The normalized spacial score (nSPS) is 10.4. The van der Waals surface area contributed by atoms with Crippen LogP contribution in [-0.4, -0.2) is 0 Å². The second-order valence-corrected chi connectivity index (χ2v) is 4.89. The van der Waals surface area contributed by atoms with Crippen LogP contribution in [0.5, 0.6) is 0 Å².